The van der Waals surface area contributed by atoms with Crippen molar-refractivity contribution < 1.29 is 4.79 Å². The normalized spacial score (nSPS) is 8.89. The van der Waals surface area contributed by atoms with E-state index in [0.29, 0.717) is 0 Å². The molecule has 0 aliphatic carbocycles. The minimum absolute atomic E-state index is 0.631. The van der Waals surface area contributed by atoms with Crippen LogP contribution < -0.4 is 0 Å². The lowest BCUT2D eigenvalue weighted by Crippen LogP contribution is -2.16. The van der Waals surface area contributed by atoms with E-state index in [1.54, 1.807) is 0 Å². The van der Waals surface area contributed by atoms with Crippen molar-refractivity contribution in [2.24, 2.45) is 0 Å². The fourth-order valence-corrected chi connectivity index (χ4v) is 0. The van der Waals surface area contributed by atoms with Gasteiger partial charge in [-0.25, -0.2) is 10.2 Å². The van der Waals surface area contributed by atoms with Crippen LogP contribution in [-0.4, -0.2) is 14.2 Å². The van der Waals surface area contributed by atoms with E-state index in [4.69, 9.17) is 10.2 Å². The van der Waals surface area contributed by atoms with Crippen molar-refractivity contribution in [3.05, 3.63) is 0 Å². The van der Waals surface area contributed by atoms with Gasteiger partial charge in [0.25, 0.3) is 0 Å². The highest BCUT2D eigenvalue weighted by molar-refractivity contribution is 6.75. The molecule has 0 bridgehead atoms. The molecule has 0 amide bonds. The molecule has 0 aromatic carbocycles. The molecular formula is C6H15NOSi. The van der Waals surface area contributed by atoms with Crippen molar-refractivity contribution in [2.45, 2.75) is 32.6 Å². The number of nitrogens with one attached hydrogen (secondary N) is 1. The molecule has 0 aliphatic heterocycles. The first-order valence-corrected chi connectivity index (χ1v) is 6.72. The van der Waals surface area contributed by atoms with Crippen LogP contribution in [-0.2, 0) is 4.79 Å². The van der Waals surface area contributed by atoms with E-state index in [2.05, 4.69) is 26.6 Å². The molecule has 0 aromatic heterocycles. The van der Waals surface area contributed by atoms with E-state index < -0.39 is 8.07 Å². The summed E-state index contributed by atoms with van der Waals surface area (Å²) in [5.41, 5.74) is 0. The standard InChI is InChI=1S/C5H14Si.CHNO/c1-5-6(2,3)4;2-1-3/h5H2,1-4H3;2H. The lowest BCUT2D eigenvalue weighted by atomic mass is 11.0. The molecule has 0 spiro atoms. The molecular weight excluding hydrogens is 130 g/mol. The van der Waals surface area contributed by atoms with Gasteiger partial charge in [-0.15, -0.1) is 0 Å². The lowest BCUT2D eigenvalue weighted by molar-refractivity contribution is 0.563. The van der Waals surface area contributed by atoms with Crippen LogP contribution in [0, 0.1) is 5.41 Å². The smallest absolute Gasteiger partial charge is 0.222 e. The molecule has 0 radical (unpaired) electrons. The molecule has 0 aliphatic rings. The lowest BCUT2D eigenvalue weighted by Gasteiger charge is -2.09. The Morgan fingerprint density at radius 2 is 1.56 bits per heavy atom. The maximum Gasteiger partial charge on any atom is 0.231 e. The zero-order valence-corrected chi connectivity index (χ0v) is 7.62. The number of isocyanates is 1. The van der Waals surface area contributed by atoms with Gasteiger partial charge in [-0.05, 0) is 0 Å². The minimum Gasteiger partial charge on any atom is -0.222 e. The second-order valence-electron chi connectivity index (χ2n) is 3.02. The SMILES string of the molecule is CC[Si](C)(C)C.N=C=O. The fourth-order valence-electron chi connectivity index (χ4n) is 0. The van der Waals surface area contributed by atoms with Gasteiger partial charge < -0.3 is 0 Å². The fraction of sp³-hybridized carbons (Fsp3) is 0.833. The molecule has 0 atom stereocenters. The quantitative estimate of drug-likeness (QED) is 0.343. The zero-order valence-electron chi connectivity index (χ0n) is 6.62. The van der Waals surface area contributed by atoms with Crippen LogP contribution in [0.25, 0.3) is 0 Å². The van der Waals surface area contributed by atoms with E-state index in [1.807, 2.05) is 0 Å². The Hall–Kier alpha value is -0.403. The van der Waals surface area contributed by atoms with E-state index in [9.17, 15) is 0 Å². The third kappa shape index (κ3) is 35.3. The van der Waals surface area contributed by atoms with Gasteiger partial charge in [0.1, 0.15) is 0 Å². The molecule has 0 saturated heterocycles. The summed E-state index contributed by atoms with van der Waals surface area (Å²) >= 11 is 0. The van der Waals surface area contributed by atoms with Gasteiger partial charge >= 0.3 is 0 Å². The largest absolute Gasteiger partial charge is 0.231 e. The van der Waals surface area contributed by atoms with Crippen LogP contribution in [0.15, 0.2) is 0 Å². The van der Waals surface area contributed by atoms with Crippen LogP contribution in [0.1, 0.15) is 6.92 Å². The van der Waals surface area contributed by atoms with Crippen LogP contribution in [0.3, 0.4) is 0 Å². The summed E-state index contributed by atoms with van der Waals surface area (Å²) in [5.74, 6) is 0. The van der Waals surface area contributed by atoms with Gasteiger partial charge in [-0.2, -0.15) is 0 Å². The number of hydrogen-bond acceptors (Lipinski definition) is 2. The summed E-state index contributed by atoms with van der Waals surface area (Å²) in [6, 6.07) is 1.41. The van der Waals surface area contributed by atoms with Gasteiger partial charge in [0, 0.05) is 8.07 Å². The predicted octanol–water partition coefficient (Wildman–Crippen LogP) is 2.25. The first kappa shape index (κ1) is 11.4. The Morgan fingerprint density at radius 1 is 1.44 bits per heavy atom. The van der Waals surface area contributed by atoms with E-state index >= 15 is 0 Å². The number of hydrogen-bond donors (Lipinski definition) is 1. The summed E-state index contributed by atoms with van der Waals surface area (Å²) in [6.45, 7) is 9.42. The van der Waals surface area contributed by atoms with Crippen molar-refractivity contribution in [2.75, 3.05) is 0 Å². The van der Waals surface area contributed by atoms with Crippen LogP contribution >= 0.6 is 0 Å². The van der Waals surface area contributed by atoms with Crippen molar-refractivity contribution in [1.82, 2.24) is 0 Å². The van der Waals surface area contributed by atoms with E-state index in [-0.39, 0.29) is 0 Å². The van der Waals surface area contributed by atoms with Crippen molar-refractivity contribution in [3.8, 4) is 0 Å². The zero-order chi connectivity index (χ0) is 7.91. The van der Waals surface area contributed by atoms with E-state index in [1.165, 1.54) is 6.04 Å². The summed E-state index contributed by atoms with van der Waals surface area (Å²) in [6.07, 6.45) is 0.750. The van der Waals surface area contributed by atoms with E-state index in [0.717, 1.165) is 6.08 Å². The molecule has 9 heavy (non-hydrogen) atoms. The second-order valence-corrected chi connectivity index (χ2v) is 8.84. The molecule has 3 heteroatoms. The summed E-state index contributed by atoms with van der Waals surface area (Å²) in [7, 11) is -0.631. The Labute approximate surface area is 57.8 Å². The molecule has 0 rings (SSSR count). The molecule has 1 N–H and O–H groups in total. The highest BCUT2D eigenvalue weighted by Gasteiger charge is 2.06. The maximum absolute atomic E-state index is 8.35. The first-order valence-electron chi connectivity index (χ1n) is 3.01. The van der Waals surface area contributed by atoms with Crippen LogP contribution in [0.4, 0.5) is 0 Å². The van der Waals surface area contributed by atoms with Gasteiger partial charge in [0.2, 0.25) is 6.08 Å². The molecule has 0 fully saturated rings. The first-order chi connectivity index (χ1) is 3.97. The maximum atomic E-state index is 8.35. The highest BCUT2D eigenvalue weighted by Crippen LogP contribution is 2.04. The Kier molecular flexibility index (Phi) is 7.26. The highest BCUT2D eigenvalue weighted by atomic mass is 28.3. The topological polar surface area (TPSA) is 40.9 Å². The van der Waals surface area contributed by atoms with Gasteiger partial charge in [0.05, 0.1) is 0 Å². The van der Waals surface area contributed by atoms with Crippen molar-refractivity contribution in [1.29, 1.82) is 5.41 Å². The number of rotatable bonds is 1. The van der Waals surface area contributed by atoms with Crippen LogP contribution in [0.5, 0.6) is 0 Å². The predicted molar refractivity (Wildman–Crippen MR) is 42.2 cm³/mol. The molecule has 0 aromatic rings. The second kappa shape index (κ2) is 5.73. The minimum atomic E-state index is -0.631. The number of carbonyl (C=O) groups excluding carboxylic acids is 1. The van der Waals surface area contributed by atoms with Gasteiger partial charge in [-0.1, -0.05) is 32.6 Å². The van der Waals surface area contributed by atoms with Gasteiger partial charge in [-0.3, -0.25) is 0 Å². The van der Waals surface area contributed by atoms with Crippen molar-refractivity contribution in [3.63, 3.8) is 0 Å². The van der Waals surface area contributed by atoms with Gasteiger partial charge in [0.15, 0.2) is 0 Å². The molecule has 0 unspecified atom stereocenters. The Morgan fingerprint density at radius 3 is 1.56 bits per heavy atom. The van der Waals surface area contributed by atoms with Crippen molar-refractivity contribution >= 4 is 14.2 Å². The van der Waals surface area contributed by atoms with Crippen LogP contribution in [0.2, 0.25) is 25.7 Å². The Bertz CT molecular complexity index is 89.7. The molecule has 54 valence electrons. The average Bonchev–Trinajstić information content (AvgIpc) is 1.67. The Balaban J connectivity index is 0. The third-order valence-corrected chi connectivity index (χ3v) is 3.18. The molecule has 0 saturated carbocycles. The average molecular weight is 145 g/mol. The molecule has 2 nitrogen and oxygen atoms in total. The summed E-state index contributed by atoms with van der Waals surface area (Å²) in [5, 5.41) is 5.40. The molecule has 0 heterocycles. The summed E-state index contributed by atoms with van der Waals surface area (Å²) < 4.78 is 0. The third-order valence-electron chi connectivity index (χ3n) is 1.06. The summed E-state index contributed by atoms with van der Waals surface area (Å²) in [4.78, 5) is 8.35. The monoisotopic (exact) mass is 145 g/mol.